The summed E-state index contributed by atoms with van der Waals surface area (Å²) in [5.74, 6) is 0.470. The molecule has 29 heavy (non-hydrogen) atoms. The second-order valence-electron chi connectivity index (χ2n) is 6.50. The van der Waals surface area contributed by atoms with Crippen molar-refractivity contribution in [3.8, 4) is 17.2 Å². The van der Waals surface area contributed by atoms with Crippen LogP contribution in [0.3, 0.4) is 0 Å². The van der Waals surface area contributed by atoms with Crippen molar-refractivity contribution in [3.05, 3.63) is 75.8 Å². The molecule has 3 aromatic carbocycles. The summed E-state index contributed by atoms with van der Waals surface area (Å²) in [5, 5.41) is 3.37. The Hall–Kier alpha value is -3.02. The minimum Gasteiger partial charge on any atom is -0.494 e. The number of rotatable bonds is 4. The Morgan fingerprint density at radius 2 is 1.83 bits per heavy atom. The Bertz CT molecular complexity index is 1210. The van der Waals surface area contributed by atoms with Gasteiger partial charge in [0.15, 0.2) is 11.3 Å². The molecule has 1 N–H and O–H groups in total. The molecular formula is C22H16Cl2N2O3. The van der Waals surface area contributed by atoms with Crippen molar-refractivity contribution in [3.63, 3.8) is 0 Å². The van der Waals surface area contributed by atoms with Gasteiger partial charge in [-0.2, -0.15) is 0 Å². The van der Waals surface area contributed by atoms with E-state index in [1.807, 2.05) is 37.3 Å². The lowest BCUT2D eigenvalue weighted by Gasteiger charge is -2.10. The topological polar surface area (TPSA) is 64.4 Å². The summed E-state index contributed by atoms with van der Waals surface area (Å²) in [6.07, 6.45) is 0. The number of hydrogen-bond acceptors (Lipinski definition) is 4. The number of nitrogens with one attached hydrogen (secondary N) is 1. The largest absolute Gasteiger partial charge is 0.494 e. The molecule has 0 saturated carbocycles. The molecule has 146 valence electrons. The summed E-state index contributed by atoms with van der Waals surface area (Å²) in [6, 6.07) is 16.1. The highest BCUT2D eigenvalue weighted by molar-refractivity contribution is 6.37. The average Bonchev–Trinajstić information content (AvgIpc) is 3.11. The second kappa shape index (κ2) is 7.78. The number of aromatic nitrogens is 1. The lowest BCUT2D eigenvalue weighted by Crippen LogP contribution is -2.12. The van der Waals surface area contributed by atoms with Gasteiger partial charge in [-0.15, -0.1) is 0 Å². The summed E-state index contributed by atoms with van der Waals surface area (Å²) < 4.78 is 11.0. The molecule has 0 fully saturated rings. The van der Waals surface area contributed by atoms with E-state index in [2.05, 4.69) is 10.3 Å². The number of benzene rings is 3. The van der Waals surface area contributed by atoms with E-state index in [4.69, 9.17) is 32.4 Å². The number of anilines is 1. The highest BCUT2D eigenvalue weighted by Gasteiger charge is 2.15. The number of fused-ring (bicyclic) bond motifs is 1. The second-order valence-corrected chi connectivity index (χ2v) is 7.31. The van der Waals surface area contributed by atoms with Crippen LogP contribution in [0.5, 0.6) is 5.75 Å². The Labute approximate surface area is 177 Å². The molecule has 1 aromatic heterocycles. The molecule has 5 nitrogen and oxygen atoms in total. The fraction of sp³-hybridized carbons (Fsp3) is 0.0909. The molecule has 0 unspecified atom stereocenters. The van der Waals surface area contributed by atoms with Crippen LogP contribution in [0.25, 0.3) is 22.6 Å². The van der Waals surface area contributed by atoms with Gasteiger partial charge in [0, 0.05) is 16.8 Å². The van der Waals surface area contributed by atoms with E-state index in [9.17, 15) is 4.79 Å². The van der Waals surface area contributed by atoms with Crippen LogP contribution in [0.1, 0.15) is 15.9 Å². The first-order chi connectivity index (χ1) is 13.9. The fourth-order valence-corrected chi connectivity index (χ4v) is 3.62. The molecule has 0 radical (unpaired) electrons. The van der Waals surface area contributed by atoms with Crippen LogP contribution in [-0.2, 0) is 0 Å². The zero-order valence-electron chi connectivity index (χ0n) is 15.6. The molecule has 0 aliphatic heterocycles. The maximum absolute atomic E-state index is 12.6. The molecule has 1 amide bonds. The van der Waals surface area contributed by atoms with Crippen molar-refractivity contribution >= 4 is 45.9 Å². The van der Waals surface area contributed by atoms with E-state index in [1.165, 1.54) is 19.2 Å². The van der Waals surface area contributed by atoms with Crippen molar-refractivity contribution in [2.24, 2.45) is 0 Å². The fourth-order valence-electron chi connectivity index (χ4n) is 2.97. The van der Waals surface area contributed by atoms with Gasteiger partial charge in [-0.3, -0.25) is 4.79 Å². The van der Waals surface area contributed by atoms with Crippen LogP contribution >= 0.6 is 23.2 Å². The van der Waals surface area contributed by atoms with Gasteiger partial charge in [-0.1, -0.05) is 35.3 Å². The molecule has 0 spiro atoms. The van der Waals surface area contributed by atoms with Gasteiger partial charge in [-0.25, -0.2) is 4.98 Å². The highest BCUT2D eigenvalue weighted by Crippen LogP contribution is 2.34. The number of ether oxygens (including phenoxy) is 1. The van der Waals surface area contributed by atoms with Crippen LogP contribution in [0.15, 0.2) is 59.0 Å². The Morgan fingerprint density at radius 3 is 2.55 bits per heavy atom. The van der Waals surface area contributed by atoms with Crippen molar-refractivity contribution in [2.45, 2.75) is 6.92 Å². The predicted molar refractivity (Wildman–Crippen MR) is 115 cm³/mol. The first-order valence-corrected chi connectivity index (χ1v) is 9.52. The molecule has 4 aromatic rings. The summed E-state index contributed by atoms with van der Waals surface area (Å²) in [6.45, 7) is 2.00. The number of oxazole rings is 1. The number of halogens is 2. The Morgan fingerprint density at radius 1 is 1.07 bits per heavy atom. The van der Waals surface area contributed by atoms with Crippen molar-refractivity contribution in [1.29, 1.82) is 0 Å². The summed E-state index contributed by atoms with van der Waals surface area (Å²) in [7, 11) is 1.46. The third kappa shape index (κ3) is 3.92. The zero-order valence-corrected chi connectivity index (χ0v) is 17.1. The van der Waals surface area contributed by atoms with Gasteiger partial charge in [0.25, 0.3) is 5.91 Å². The maximum Gasteiger partial charge on any atom is 0.255 e. The first-order valence-electron chi connectivity index (χ1n) is 8.76. The Kier molecular flexibility index (Phi) is 5.18. The molecular weight excluding hydrogens is 411 g/mol. The van der Waals surface area contributed by atoms with Crippen molar-refractivity contribution in [1.82, 2.24) is 4.98 Å². The number of carbonyl (C=O) groups is 1. The molecule has 0 atom stereocenters. The number of aryl methyl sites for hydroxylation is 1. The van der Waals surface area contributed by atoms with Crippen molar-refractivity contribution < 1.29 is 13.9 Å². The lowest BCUT2D eigenvalue weighted by molar-refractivity contribution is 0.102. The monoisotopic (exact) mass is 426 g/mol. The minimum absolute atomic E-state index is 0.265. The smallest absolute Gasteiger partial charge is 0.255 e. The summed E-state index contributed by atoms with van der Waals surface area (Å²) in [5.41, 5.74) is 4.26. The highest BCUT2D eigenvalue weighted by atomic mass is 35.5. The van der Waals surface area contributed by atoms with E-state index in [-0.39, 0.29) is 16.0 Å². The SMILES string of the molecule is COc1c(Cl)cc(C(=O)Nc2cccc(-c3nc4ccc(C)cc4o3)c2)cc1Cl. The summed E-state index contributed by atoms with van der Waals surface area (Å²) >= 11 is 12.3. The van der Waals surface area contributed by atoms with E-state index in [0.29, 0.717) is 22.9 Å². The number of hydrogen-bond donors (Lipinski definition) is 1. The standard InChI is InChI=1S/C22H16Cl2N2O3/c1-12-6-7-18-19(8-12)29-22(26-18)13-4-3-5-15(9-13)25-21(27)14-10-16(23)20(28-2)17(24)11-14/h3-11H,1-2H3,(H,25,27). The number of carbonyl (C=O) groups excluding carboxylic acids is 1. The van der Waals surface area contributed by atoms with Crippen LogP contribution in [0.4, 0.5) is 5.69 Å². The summed E-state index contributed by atoms with van der Waals surface area (Å²) in [4.78, 5) is 17.2. The molecule has 0 bridgehead atoms. The number of amides is 1. The quantitative estimate of drug-likeness (QED) is 0.411. The minimum atomic E-state index is -0.346. The van der Waals surface area contributed by atoms with Gasteiger partial charge < -0.3 is 14.5 Å². The molecule has 0 aliphatic rings. The number of nitrogens with zero attached hydrogens (tertiary/aromatic N) is 1. The normalized spacial score (nSPS) is 10.9. The van der Waals surface area contributed by atoms with E-state index >= 15 is 0 Å². The first kappa shape index (κ1) is 19.3. The molecule has 0 aliphatic carbocycles. The van der Waals surface area contributed by atoms with Crippen molar-refractivity contribution in [2.75, 3.05) is 12.4 Å². The van der Waals surface area contributed by atoms with Crippen LogP contribution < -0.4 is 10.1 Å². The molecule has 0 saturated heterocycles. The molecule has 4 rings (SSSR count). The zero-order chi connectivity index (χ0) is 20.5. The molecule has 1 heterocycles. The lowest BCUT2D eigenvalue weighted by atomic mass is 10.1. The van der Waals surface area contributed by atoms with Gasteiger partial charge in [0.05, 0.1) is 17.2 Å². The third-order valence-corrected chi connectivity index (χ3v) is 4.94. The number of methoxy groups -OCH3 is 1. The van der Waals surface area contributed by atoms with Crippen LogP contribution in [0.2, 0.25) is 10.0 Å². The van der Waals surface area contributed by atoms with E-state index in [0.717, 1.165) is 22.2 Å². The third-order valence-electron chi connectivity index (χ3n) is 4.38. The average molecular weight is 427 g/mol. The van der Waals surface area contributed by atoms with Gasteiger partial charge in [0.1, 0.15) is 5.52 Å². The van der Waals surface area contributed by atoms with E-state index in [1.54, 1.807) is 12.1 Å². The van der Waals surface area contributed by atoms with Crippen LogP contribution in [-0.4, -0.2) is 18.0 Å². The van der Waals surface area contributed by atoms with Gasteiger partial charge >= 0.3 is 0 Å². The van der Waals surface area contributed by atoms with E-state index < -0.39 is 0 Å². The Balaban J connectivity index is 1.61. The van der Waals surface area contributed by atoms with Crippen LogP contribution in [0, 0.1) is 6.92 Å². The van der Waals surface area contributed by atoms with Gasteiger partial charge in [0.2, 0.25) is 5.89 Å². The predicted octanol–water partition coefficient (Wildman–Crippen LogP) is 6.37. The molecule has 7 heteroatoms. The maximum atomic E-state index is 12.6. The van der Waals surface area contributed by atoms with Gasteiger partial charge in [-0.05, 0) is 55.0 Å².